The molecule has 0 aliphatic rings. The van der Waals surface area contributed by atoms with E-state index >= 15 is 0 Å². The number of nitrogens with zero attached hydrogens (tertiary/aromatic N) is 2. The smallest absolute Gasteiger partial charge is 0.161 e. The summed E-state index contributed by atoms with van der Waals surface area (Å²) >= 11 is 0. The van der Waals surface area contributed by atoms with Gasteiger partial charge in [-0.25, -0.2) is 13.8 Å². The predicted molar refractivity (Wildman–Crippen MR) is 84.2 cm³/mol. The maximum atomic E-state index is 13.6. The Bertz CT molecular complexity index is 818. The highest BCUT2D eigenvalue weighted by atomic mass is 19.2. The number of fused-ring (bicyclic) bond motifs is 1. The lowest BCUT2D eigenvalue weighted by Crippen LogP contribution is -2.19. The summed E-state index contributed by atoms with van der Waals surface area (Å²) in [6.45, 7) is 2.43. The molecular weight excluding hydrogens is 300 g/mol. The van der Waals surface area contributed by atoms with Crippen LogP contribution in [0.3, 0.4) is 0 Å². The number of halogens is 2. The molecule has 2 N–H and O–H groups in total. The van der Waals surface area contributed by atoms with E-state index in [-0.39, 0.29) is 12.6 Å². The van der Waals surface area contributed by atoms with Crippen molar-refractivity contribution in [3.05, 3.63) is 59.9 Å². The molecule has 0 fully saturated rings. The predicted octanol–water partition coefficient (Wildman–Crippen LogP) is 3.41. The highest BCUT2D eigenvalue weighted by Gasteiger charge is 2.18. The normalized spacial score (nSPS) is 12.5. The zero-order valence-corrected chi connectivity index (χ0v) is 12.7. The van der Waals surface area contributed by atoms with Crippen LogP contribution in [0.1, 0.15) is 18.8 Å². The first-order chi connectivity index (χ1) is 11.1. The van der Waals surface area contributed by atoms with E-state index in [1.807, 2.05) is 37.3 Å². The first-order valence-electron chi connectivity index (χ1n) is 7.34. The zero-order chi connectivity index (χ0) is 16.4. The van der Waals surface area contributed by atoms with Crippen LogP contribution in [-0.4, -0.2) is 16.1 Å². The summed E-state index contributed by atoms with van der Waals surface area (Å²) in [4.78, 5) is 4.37. The summed E-state index contributed by atoms with van der Waals surface area (Å²) in [5.74, 6) is -0.549. The lowest BCUT2D eigenvalue weighted by Gasteiger charge is -2.16. The number of nitrogens with two attached hydrogens (primary N) is 1. The van der Waals surface area contributed by atoms with Crippen molar-refractivity contribution >= 4 is 11.0 Å². The third kappa shape index (κ3) is 3.03. The molecule has 0 amide bonds. The Labute approximate surface area is 132 Å². The van der Waals surface area contributed by atoms with Crippen LogP contribution in [0.2, 0.25) is 0 Å². The molecule has 2 aromatic carbocycles. The van der Waals surface area contributed by atoms with Gasteiger partial charge in [-0.1, -0.05) is 18.2 Å². The fraction of sp³-hybridized carbons (Fsp3) is 0.235. The number of aromatic nitrogens is 2. The summed E-state index contributed by atoms with van der Waals surface area (Å²) in [6.07, 6.45) is 0. The van der Waals surface area contributed by atoms with Crippen molar-refractivity contribution in [1.82, 2.24) is 9.55 Å². The Morgan fingerprint density at radius 1 is 1.17 bits per heavy atom. The molecule has 0 saturated heterocycles. The molecule has 3 aromatic rings. The van der Waals surface area contributed by atoms with Crippen LogP contribution in [0.15, 0.2) is 42.5 Å². The van der Waals surface area contributed by atoms with Crippen LogP contribution in [0.25, 0.3) is 11.0 Å². The van der Waals surface area contributed by atoms with E-state index < -0.39 is 11.6 Å². The molecule has 6 heteroatoms. The van der Waals surface area contributed by atoms with Crippen LogP contribution in [-0.2, 0) is 6.61 Å². The molecule has 4 nitrogen and oxygen atoms in total. The van der Waals surface area contributed by atoms with Crippen molar-refractivity contribution in [1.29, 1.82) is 0 Å². The van der Waals surface area contributed by atoms with E-state index in [1.165, 1.54) is 0 Å². The average Bonchev–Trinajstić information content (AvgIpc) is 2.91. The quantitative estimate of drug-likeness (QED) is 0.784. The number of benzene rings is 2. The molecule has 23 heavy (non-hydrogen) atoms. The highest BCUT2D eigenvalue weighted by Crippen LogP contribution is 2.24. The monoisotopic (exact) mass is 317 g/mol. The molecule has 0 aliphatic carbocycles. The molecular formula is C17H17F2N3O. The van der Waals surface area contributed by atoms with Crippen LogP contribution >= 0.6 is 0 Å². The van der Waals surface area contributed by atoms with Gasteiger partial charge < -0.3 is 15.0 Å². The molecule has 1 unspecified atom stereocenters. The Hall–Kier alpha value is -2.47. The van der Waals surface area contributed by atoms with E-state index in [2.05, 4.69) is 4.98 Å². The Balaban J connectivity index is 2.01. The molecule has 0 saturated carbocycles. The van der Waals surface area contributed by atoms with Gasteiger partial charge in [0.2, 0.25) is 0 Å². The second-order valence-corrected chi connectivity index (χ2v) is 5.34. The summed E-state index contributed by atoms with van der Waals surface area (Å²) < 4.78 is 34.5. The van der Waals surface area contributed by atoms with Crippen molar-refractivity contribution in [2.24, 2.45) is 5.73 Å². The molecule has 0 radical (unpaired) electrons. The average molecular weight is 317 g/mol. The first-order valence-corrected chi connectivity index (χ1v) is 7.34. The number of ether oxygens (including phenoxy) is 1. The van der Waals surface area contributed by atoms with Crippen molar-refractivity contribution in [3.63, 3.8) is 0 Å². The highest BCUT2D eigenvalue weighted by molar-refractivity contribution is 5.76. The zero-order valence-electron chi connectivity index (χ0n) is 12.7. The third-order valence-electron chi connectivity index (χ3n) is 3.70. The van der Waals surface area contributed by atoms with E-state index in [9.17, 15) is 8.78 Å². The van der Waals surface area contributed by atoms with Gasteiger partial charge in [0.15, 0.2) is 11.6 Å². The molecule has 0 spiro atoms. The molecule has 120 valence electrons. The number of hydrogen-bond acceptors (Lipinski definition) is 3. The summed E-state index contributed by atoms with van der Waals surface area (Å²) in [5.41, 5.74) is 6.63. The molecule has 1 atom stereocenters. The summed E-state index contributed by atoms with van der Waals surface area (Å²) in [5, 5.41) is 0. The standard InChI is InChI=1S/C17H17F2N3O/c1-11(9-20)22-16-8-14(19)13(18)7-15(16)21-17(22)10-23-12-5-3-2-4-6-12/h2-8,11H,9-10,20H2,1H3. The fourth-order valence-electron chi connectivity index (χ4n) is 2.50. The van der Waals surface area contributed by atoms with E-state index in [4.69, 9.17) is 10.5 Å². The number of hydrogen-bond donors (Lipinski definition) is 1. The van der Waals surface area contributed by atoms with Gasteiger partial charge in [0, 0.05) is 24.7 Å². The molecule has 1 aromatic heterocycles. The second-order valence-electron chi connectivity index (χ2n) is 5.34. The van der Waals surface area contributed by atoms with Crippen LogP contribution in [0.4, 0.5) is 8.78 Å². The topological polar surface area (TPSA) is 53.1 Å². The molecule has 3 rings (SSSR count). The Kier molecular flexibility index (Phi) is 4.25. The lowest BCUT2D eigenvalue weighted by atomic mass is 10.2. The number of imidazole rings is 1. The van der Waals surface area contributed by atoms with Crippen molar-refractivity contribution in [2.75, 3.05) is 6.54 Å². The maximum absolute atomic E-state index is 13.6. The lowest BCUT2D eigenvalue weighted by molar-refractivity contribution is 0.286. The second kappa shape index (κ2) is 6.34. The van der Waals surface area contributed by atoms with Gasteiger partial charge in [0.1, 0.15) is 18.2 Å². The largest absolute Gasteiger partial charge is 0.486 e. The Morgan fingerprint density at radius 3 is 2.57 bits per heavy atom. The minimum absolute atomic E-state index is 0.112. The van der Waals surface area contributed by atoms with E-state index in [0.717, 1.165) is 12.1 Å². The van der Waals surface area contributed by atoms with Crippen LogP contribution in [0.5, 0.6) is 5.75 Å². The minimum atomic E-state index is -0.918. The number of para-hydroxylation sites is 1. The van der Waals surface area contributed by atoms with Crippen LogP contribution < -0.4 is 10.5 Å². The minimum Gasteiger partial charge on any atom is -0.486 e. The van der Waals surface area contributed by atoms with Gasteiger partial charge in [0.05, 0.1) is 11.0 Å². The fourth-order valence-corrected chi connectivity index (χ4v) is 2.50. The molecule has 1 heterocycles. The third-order valence-corrected chi connectivity index (χ3v) is 3.70. The van der Waals surface area contributed by atoms with Gasteiger partial charge in [-0.05, 0) is 19.1 Å². The summed E-state index contributed by atoms with van der Waals surface area (Å²) in [7, 11) is 0. The van der Waals surface area contributed by atoms with Crippen molar-refractivity contribution < 1.29 is 13.5 Å². The van der Waals surface area contributed by atoms with Gasteiger partial charge in [-0.15, -0.1) is 0 Å². The SMILES string of the molecule is CC(CN)n1c(COc2ccccc2)nc2cc(F)c(F)cc21. The van der Waals surface area contributed by atoms with Gasteiger partial charge in [0.25, 0.3) is 0 Å². The summed E-state index contributed by atoms with van der Waals surface area (Å²) in [6, 6.07) is 11.4. The first kappa shape index (κ1) is 15.4. The van der Waals surface area contributed by atoms with Crippen LogP contribution in [0, 0.1) is 11.6 Å². The number of rotatable bonds is 5. The van der Waals surface area contributed by atoms with Crippen molar-refractivity contribution in [3.8, 4) is 5.75 Å². The van der Waals surface area contributed by atoms with E-state index in [1.54, 1.807) is 4.57 Å². The van der Waals surface area contributed by atoms with Gasteiger partial charge >= 0.3 is 0 Å². The Morgan fingerprint density at radius 2 is 1.87 bits per heavy atom. The van der Waals surface area contributed by atoms with E-state index in [0.29, 0.717) is 29.2 Å². The van der Waals surface area contributed by atoms with Gasteiger partial charge in [-0.3, -0.25) is 0 Å². The molecule has 0 aliphatic heterocycles. The maximum Gasteiger partial charge on any atom is 0.161 e. The van der Waals surface area contributed by atoms with Crippen molar-refractivity contribution in [2.45, 2.75) is 19.6 Å². The van der Waals surface area contributed by atoms with Gasteiger partial charge in [-0.2, -0.15) is 0 Å². The molecule has 0 bridgehead atoms.